The van der Waals surface area contributed by atoms with E-state index in [0.29, 0.717) is 28.1 Å². The summed E-state index contributed by atoms with van der Waals surface area (Å²) in [7, 11) is 1.59. The van der Waals surface area contributed by atoms with Gasteiger partial charge in [0.05, 0.1) is 12.8 Å². The van der Waals surface area contributed by atoms with Gasteiger partial charge < -0.3 is 4.74 Å². The van der Waals surface area contributed by atoms with Crippen molar-refractivity contribution in [2.24, 2.45) is 0 Å². The van der Waals surface area contributed by atoms with Crippen molar-refractivity contribution in [3.8, 4) is 5.75 Å². The zero-order chi connectivity index (χ0) is 20.5. The van der Waals surface area contributed by atoms with Gasteiger partial charge in [0.15, 0.2) is 0 Å². The van der Waals surface area contributed by atoms with E-state index in [1.165, 1.54) is 4.90 Å². The quantitative estimate of drug-likeness (QED) is 0.393. The van der Waals surface area contributed by atoms with Crippen molar-refractivity contribution in [2.75, 3.05) is 12.0 Å². The number of carbonyl (C=O) groups is 2. The first-order chi connectivity index (χ1) is 14.0. The predicted molar refractivity (Wildman–Crippen MR) is 118 cm³/mol. The number of ether oxygens (including phenoxy) is 1. The van der Waals surface area contributed by atoms with E-state index in [1.54, 1.807) is 37.5 Å². The Bertz CT molecular complexity index is 1170. The molecule has 0 saturated heterocycles. The van der Waals surface area contributed by atoms with Crippen molar-refractivity contribution in [2.45, 2.75) is 6.92 Å². The van der Waals surface area contributed by atoms with Gasteiger partial charge in [-0.2, -0.15) is 0 Å². The van der Waals surface area contributed by atoms with Crippen LogP contribution in [0.15, 0.2) is 71.2 Å². The van der Waals surface area contributed by atoms with E-state index >= 15 is 0 Å². The maximum absolute atomic E-state index is 13.5. The van der Waals surface area contributed by atoms with Crippen molar-refractivity contribution >= 4 is 45.1 Å². The molecule has 0 aliphatic carbocycles. The summed E-state index contributed by atoms with van der Waals surface area (Å²) in [5, 5.41) is 0. The largest absolute Gasteiger partial charge is 0.496 e. The van der Waals surface area contributed by atoms with Crippen LogP contribution in [0.4, 0.5) is 5.69 Å². The Morgan fingerprint density at radius 1 is 0.897 bits per heavy atom. The molecule has 0 bridgehead atoms. The molecule has 5 heteroatoms. The Hall–Kier alpha value is -3.18. The molecule has 0 saturated carbocycles. The number of halogens is 1. The fourth-order valence-electron chi connectivity index (χ4n) is 3.47. The maximum Gasteiger partial charge on any atom is 0.265 e. The SMILES string of the molecule is COc1ccc(Br)cc1C=C1C(=O)N(c2cccc(C)c2)C(=O)c2ccccc21. The summed E-state index contributed by atoms with van der Waals surface area (Å²) in [6.07, 6.45) is 1.78. The minimum absolute atomic E-state index is 0.324. The molecule has 3 aromatic carbocycles. The molecule has 2 amide bonds. The summed E-state index contributed by atoms with van der Waals surface area (Å²) in [4.78, 5) is 27.9. The molecular formula is C24H18BrNO3. The van der Waals surface area contributed by atoms with Gasteiger partial charge in [-0.3, -0.25) is 9.59 Å². The summed E-state index contributed by atoms with van der Waals surface area (Å²) >= 11 is 3.47. The molecule has 0 N–H and O–H groups in total. The highest BCUT2D eigenvalue weighted by Gasteiger charge is 2.35. The van der Waals surface area contributed by atoms with Crippen LogP contribution in [0.5, 0.6) is 5.75 Å². The van der Waals surface area contributed by atoms with Crippen LogP contribution in [-0.2, 0) is 4.79 Å². The average molecular weight is 448 g/mol. The van der Waals surface area contributed by atoms with Crippen LogP contribution in [0.3, 0.4) is 0 Å². The number of hydrogen-bond acceptors (Lipinski definition) is 3. The second-order valence-electron chi connectivity index (χ2n) is 6.77. The number of anilines is 1. The molecule has 0 spiro atoms. The van der Waals surface area contributed by atoms with E-state index in [4.69, 9.17) is 4.74 Å². The third kappa shape index (κ3) is 3.49. The molecule has 1 heterocycles. The zero-order valence-electron chi connectivity index (χ0n) is 16.0. The Morgan fingerprint density at radius 2 is 1.66 bits per heavy atom. The van der Waals surface area contributed by atoms with E-state index in [2.05, 4.69) is 15.9 Å². The average Bonchev–Trinajstić information content (AvgIpc) is 2.71. The first-order valence-electron chi connectivity index (χ1n) is 9.09. The number of hydrogen-bond donors (Lipinski definition) is 0. The normalized spacial score (nSPS) is 14.9. The van der Waals surface area contributed by atoms with E-state index < -0.39 is 0 Å². The molecule has 0 unspecified atom stereocenters. The molecule has 29 heavy (non-hydrogen) atoms. The maximum atomic E-state index is 13.5. The van der Waals surface area contributed by atoms with Crippen molar-refractivity contribution in [3.05, 3.63) is 93.5 Å². The van der Waals surface area contributed by atoms with Gasteiger partial charge in [0.1, 0.15) is 5.75 Å². The van der Waals surface area contributed by atoms with Gasteiger partial charge in [-0.15, -0.1) is 0 Å². The Morgan fingerprint density at radius 3 is 2.38 bits per heavy atom. The summed E-state index contributed by atoms with van der Waals surface area (Å²) in [6.45, 7) is 1.93. The highest BCUT2D eigenvalue weighted by atomic mass is 79.9. The first kappa shape index (κ1) is 19.2. The van der Waals surface area contributed by atoms with E-state index in [-0.39, 0.29) is 11.8 Å². The number of carbonyl (C=O) groups excluding carboxylic acids is 2. The van der Waals surface area contributed by atoms with Crippen LogP contribution >= 0.6 is 15.9 Å². The number of nitrogens with zero attached hydrogens (tertiary/aromatic N) is 1. The molecular weight excluding hydrogens is 430 g/mol. The lowest BCUT2D eigenvalue weighted by Gasteiger charge is -2.29. The van der Waals surface area contributed by atoms with Gasteiger partial charge in [0.2, 0.25) is 0 Å². The number of imide groups is 1. The van der Waals surface area contributed by atoms with E-state index in [0.717, 1.165) is 15.6 Å². The van der Waals surface area contributed by atoms with Gasteiger partial charge in [-0.05, 0) is 60.5 Å². The minimum atomic E-state index is -0.360. The minimum Gasteiger partial charge on any atom is -0.496 e. The van der Waals surface area contributed by atoms with Crippen molar-refractivity contribution in [1.82, 2.24) is 0 Å². The zero-order valence-corrected chi connectivity index (χ0v) is 17.6. The Kier molecular flexibility index (Phi) is 5.07. The number of rotatable bonds is 3. The number of aryl methyl sites for hydroxylation is 1. The molecule has 0 fully saturated rings. The molecule has 3 aromatic rings. The lowest BCUT2D eigenvalue weighted by atomic mass is 9.91. The summed E-state index contributed by atoms with van der Waals surface area (Å²) < 4.78 is 6.32. The van der Waals surface area contributed by atoms with Crippen LogP contribution < -0.4 is 9.64 Å². The van der Waals surface area contributed by atoms with Gasteiger partial charge >= 0.3 is 0 Å². The van der Waals surface area contributed by atoms with Crippen molar-refractivity contribution < 1.29 is 14.3 Å². The number of fused-ring (bicyclic) bond motifs is 1. The molecule has 4 rings (SSSR count). The van der Waals surface area contributed by atoms with Gasteiger partial charge in [0.25, 0.3) is 11.8 Å². The predicted octanol–water partition coefficient (Wildman–Crippen LogP) is 5.49. The summed E-state index contributed by atoms with van der Waals surface area (Å²) in [5.74, 6) is -0.0409. The lowest BCUT2D eigenvalue weighted by Crippen LogP contribution is -2.41. The first-order valence-corrected chi connectivity index (χ1v) is 9.89. The van der Waals surface area contributed by atoms with E-state index in [9.17, 15) is 9.59 Å². The van der Waals surface area contributed by atoms with Crippen molar-refractivity contribution in [1.29, 1.82) is 0 Å². The van der Waals surface area contributed by atoms with Crippen LogP contribution in [0.1, 0.15) is 27.0 Å². The third-order valence-electron chi connectivity index (χ3n) is 4.84. The number of benzene rings is 3. The van der Waals surface area contributed by atoms with Gasteiger partial charge in [0, 0.05) is 21.2 Å². The van der Waals surface area contributed by atoms with Crippen LogP contribution in [0.2, 0.25) is 0 Å². The second-order valence-corrected chi connectivity index (χ2v) is 7.69. The topological polar surface area (TPSA) is 46.6 Å². The third-order valence-corrected chi connectivity index (χ3v) is 5.33. The molecule has 4 nitrogen and oxygen atoms in total. The van der Waals surface area contributed by atoms with Crippen LogP contribution in [0, 0.1) is 6.92 Å². The van der Waals surface area contributed by atoms with Gasteiger partial charge in [-0.1, -0.05) is 46.3 Å². The molecule has 0 radical (unpaired) electrons. The Balaban J connectivity index is 1.94. The second kappa shape index (κ2) is 7.68. The van der Waals surface area contributed by atoms with E-state index in [1.807, 2.05) is 49.4 Å². The smallest absolute Gasteiger partial charge is 0.265 e. The van der Waals surface area contributed by atoms with Crippen LogP contribution in [-0.4, -0.2) is 18.9 Å². The molecule has 144 valence electrons. The standard InChI is InChI=1S/C24H18BrNO3/c1-15-6-5-7-18(12-15)26-23(27)20-9-4-3-8-19(20)21(24(26)28)14-16-13-17(25)10-11-22(16)29-2/h3-14H,1-2H3. The summed E-state index contributed by atoms with van der Waals surface area (Å²) in [5.41, 5.74) is 3.83. The molecule has 0 atom stereocenters. The van der Waals surface area contributed by atoms with Gasteiger partial charge in [-0.25, -0.2) is 4.90 Å². The number of methoxy groups -OCH3 is 1. The molecule has 1 aliphatic heterocycles. The fourth-order valence-corrected chi connectivity index (χ4v) is 3.85. The lowest BCUT2D eigenvalue weighted by molar-refractivity contribution is -0.112. The molecule has 0 aromatic heterocycles. The monoisotopic (exact) mass is 447 g/mol. The van der Waals surface area contributed by atoms with Crippen molar-refractivity contribution in [3.63, 3.8) is 0 Å². The fraction of sp³-hybridized carbons (Fsp3) is 0.0833. The number of amides is 2. The van der Waals surface area contributed by atoms with Crippen LogP contribution in [0.25, 0.3) is 11.6 Å². The summed E-state index contributed by atoms with van der Waals surface area (Å²) in [6, 6.07) is 20.1. The highest BCUT2D eigenvalue weighted by Crippen LogP contribution is 2.35. The molecule has 1 aliphatic rings. The highest BCUT2D eigenvalue weighted by molar-refractivity contribution is 9.10. The Labute approximate surface area is 177 Å².